The second-order valence-electron chi connectivity index (χ2n) is 10.1. The first-order valence-electron chi connectivity index (χ1n) is 14.2. The molecular formula is C36H30ClN3O4S2. The van der Waals surface area contributed by atoms with Gasteiger partial charge in [-0.3, -0.25) is 14.4 Å². The predicted molar refractivity (Wildman–Crippen MR) is 188 cm³/mol. The minimum absolute atomic E-state index is 0.111. The molecule has 0 spiro atoms. The quantitative estimate of drug-likeness (QED) is 0.0968. The number of aryl methyl sites for hydroxylation is 1. The topological polar surface area (TPSA) is 96.5 Å². The zero-order valence-corrected chi connectivity index (χ0v) is 27.3. The van der Waals surface area contributed by atoms with E-state index in [1.54, 1.807) is 54.6 Å². The molecule has 10 heteroatoms. The van der Waals surface area contributed by atoms with Crippen LogP contribution in [0.2, 0.25) is 5.02 Å². The van der Waals surface area contributed by atoms with E-state index < -0.39 is 11.2 Å². The monoisotopic (exact) mass is 667 g/mol. The van der Waals surface area contributed by atoms with Crippen LogP contribution >= 0.6 is 34.7 Å². The number of amides is 3. The summed E-state index contributed by atoms with van der Waals surface area (Å²) in [5, 5.41) is 12.4. The van der Waals surface area contributed by atoms with Gasteiger partial charge in [0.2, 0.25) is 5.91 Å². The van der Waals surface area contributed by atoms with Crippen molar-refractivity contribution < 1.29 is 19.1 Å². The van der Waals surface area contributed by atoms with Crippen LogP contribution in [0, 0.1) is 6.92 Å². The van der Waals surface area contributed by atoms with Gasteiger partial charge in [-0.2, -0.15) is 11.3 Å². The first-order valence-corrected chi connectivity index (χ1v) is 16.4. The number of carbonyl (C=O) groups is 3. The van der Waals surface area contributed by atoms with E-state index >= 15 is 0 Å². The van der Waals surface area contributed by atoms with Crippen LogP contribution in [-0.4, -0.2) is 24.8 Å². The highest BCUT2D eigenvalue weighted by molar-refractivity contribution is 8.00. The van der Waals surface area contributed by atoms with E-state index in [1.165, 1.54) is 30.2 Å². The minimum atomic E-state index is -0.587. The van der Waals surface area contributed by atoms with E-state index in [4.69, 9.17) is 16.3 Å². The number of thioether (sulfide) groups is 1. The second-order valence-corrected chi connectivity index (χ2v) is 12.5. The molecule has 3 N–H and O–H groups in total. The average molecular weight is 668 g/mol. The van der Waals surface area contributed by atoms with Crippen molar-refractivity contribution in [3.63, 3.8) is 0 Å². The third-order valence-electron chi connectivity index (χ3n) is 6.83. The van der Waals surface area contributed by atoms with E-state index in [9.17, 15) is 14.4 Å². The number of hydrogen-bond acceptors (Lipinski definition) is 6. The van der Waals surface area contributed by atoms with E-state index in [0.717, 1.165) is 21.6 Å². The number of ether oxygens (including phenoxy) is 1. The molecule has 5 aromatic rings. The van der Waals surface area contributed by atoms with Crippen molar-refractivity contribution in [3.05, 3.63) is 147 Å². The molecule has 0 saturated heterocycles. The Morgan fingerprint density at radius 2 is 1.59 bits per heavy atom. The van der Waals surface area contributed by atoms with Gasteiger partial charge in [-0.25, -0.2) is 0 Å². The van der Waals surface area contributed by atoms with E-state index in [0.29, 0.717) is 27.7 Å². The van der Waals surface area contributed by atoms with Gasteiger partial charge in [0.05, 0.1) is 12.8 Å². The van der Waals surface area contributed by atoms with E-state index in [2.05, 4.69) is 16.0 Å². The Morgan fingerprint density at radius 3 is 2.24 bits per heavy atom. The largest absolute Gasteiger partial charge is 0.495 e. The van der Waals surface area contributed by atoms with Crippen molar-refractivity contribution in [1.29, 1.82) is 0 Å². The molecule has 4 aromatic carbocycles. The van der Waals surface area contributed by atoms with E-state index in [1.807, 2.05) is 72.3 Å². The first kappa shape index (κ1) is 32.6. The van der Waals surface area contributed by atoms with Gasteiger partial charge in [-0.15, -0.1) is 11.8 Å². The molecule has 0 aliphatic carbocycles. The summed E-state index contributed by atoms with van der Waals surface area (Å²) in [6, 6.07) is 30.7. The lowest BCUT2D eigenvalue weighted by atomic mass is 10.1. The Morgan fingerprint density at radius 1 is 0.891 bits per heavy atom. The Hall–Kier alpha value is -4.83. The van der Waals surface area contributed by atoms with Crippen LogP contribution in [0.25, 0.3) is 6.08 Å². The molecule has 1 heterocycles. The number of carbonyl (C=O) groups excluding carboxylic acids is 3. The lowest BCUT2D eigenvalue weighted by Crippen LogP contribution is -2.30. The molecule has 3 amide bonds. The highest BCUT2D eigenvalue weighted by Gasteiger charge is 2.24. The highest BCUT2D eigenvalue weighted by atomic mass is 35.5. The standard InChI is InChI=1S/C36H30ClN3O4S2/c1-23-19-30(32(44-2)21-29(23)37)39-36(43)33(25-9-5-3-6-10-25)46-28-15-13-27(14-16-28)38-35(42)31(20-24-17-18-45-22-24)40-34(41)26-11-7-4-8-12-26/h3-22,33H,1-2H3,(H,38,42)(H,39,43)(H,40,41)/b31-20-. The molecule has 1 aromatic heterocycles. The van der Waals surface area contributed by atoms with Gasteiger partial charge < -0.3 is 20.7 Å². The number of benzene rings is 4. The zero-order valence-electron chi connectivity index (χ0n) is 25.0. The molecule has 0 saturated carbocycles. The Balaban J connectivity index is 1.32. The number of anilines is 2. The van der Waals surface area contributed by atoms with Crippen LogP contribution in [0.1, 0.15) is 32.3 Å². The van der Waals surface area contributed by atoms with Gasteiger partial charge in [0.25, 0.3) is 11.8 Å². The number of thiophene rings is 1. The van der Waals surface area contributed by atoms with Crippen molar-refractivity contribution in [3.8, 4) is 5.75 Å². The summed E-state index contributed by atoms with van der Waals surface area (Å²) in [4.78, 5) is 40.7. The molecule has 5 rings (SSSR count). The smallest absolute Gasteiger partial charge is 0.272 e. The van der Waals surface area contributed by atoms with Gasteiger partial charge in [0.1, 0.15) is 16.7 Å². The van der Waals surface area contributed by atoms with Gasteiger partial charge in [-0.05, 0) is 89.0 Å². The lowest BCUT2D eigenvalue weighted by molar-refractivity contribution is -0.116. The number of nitrogens with one attached hydrogen (secondary N) is 3. The van der Waals surface area contributed by atoms with Crippen molar-refractivity contribution in [2.45, 2.75) is 17.1 Å². The molecule has 232 valence electrons. The maximum Gasteiger partial charge on any atom is 0.272 e. The van der Waals surface area contributed by atoms with Crippen LogP contribution in [0.15, 0.2) is 124 Å². The number of methoxy groups -OCH3 is 1. The third-order valence-corrected chi connectivity index (χ3v) is 9.20. The van der Waals surface area contributed by atoms with Crippen LogP contribution in [-0.2, 0) is 9.59 Å². The lowest BCUT2D eigenvalue weighted by Gasteiger charge is -2.19. The van der Waals surface area contributed by atoms with Gasteiger partial charge in [0, 0.05) is 27.2 Å². The molecule has 1 unspecified atom stereocenters. The second kappa shape index (κ2) is 15.4. The summed E-state index contributed by atoms with van der Waals surface area (Å²) >= 11 is 9.13. The molecule has 0 bridgehead atoms. The molecular weight excluding hydrogens is 638 g/mol. The summed E-state index contributed by atoms with van der Waals surface area (Å²) in [5.41, 5.74) is 4.04. The third kappa shape index (κ3) is 8.45. The highest BCUT2D eigenvalue weighted by Crippen LogP contribution is 2.38. The molecule has 0 aliphatic heterocycles. The summed E-state index contributed by atoms with van der Waals surface area (Å²) in [6.45, 7) is 1.86. The normalized spacial score (nSPS) is 11.8. The molecule has 1 atom stereocenters. The number of halogens is 1. The number of rotatable bonds is 11. The van der Waals surface area contributed by atoms with Crippen LogP contribution in [0.4, 0.5) is 11.4 Å². The number of hydrogen-bond donors (Lipinski definition) is 3. The molecule has 46 heavy (non-hydrogen) atoms. The Kier molecular flexibility index (Phi) is 10.9. The fraction of sp³-hybridized carbons (Fsp3) is 0.0833. The van der Waals surface area contributed by atoms with Crippen LogP contribution < -0.4 is 20.7 Å². The van der Waals surface area contributed by atoms with Gasteiger partial charge >= 0.3 is 0 Å². The van der Waals surface area contributed by atoms with Crippen LogP contribution in [0.5, 0.6) is 5.75 Å². The first-order chi connectivity index (χ1) is 22.3. The van der Waals surface area contributed by atoms with Crippen molar-refractivity contribution in [2.75, 3.05) is 17.7 Å². The van der Waals surface area contributed by atoms with Crippen molar-refractivity contribution in [2.24, 2.45) is 0 Å². The fourth-order valence-corrected chi connectivity index (χ4v) is 6.24. The minimum Gasteiger partial charge on any atom is -0.495 e. The van der Waals surface area contributed by atoms with Crippen molar-refractivity contribution in [1.82, 2.24) is 5.32 Å². The average Bonchev–Trinajstić information content (AvgIpc) is 3.59. The molecule has 7 nitrogen and oxygen atoms in total. The zero-order chi connectivity index (χ0) is 32.5. The SMILES string of the molecule is COc1cc(Cl)c(C)cc1NC(=O)C(Sc1ccc(NC(=O)/C(=C/c2ccsc2)NC(=O)c2ccccc2)cc1)c1ccccc1. The summed E-state index contributed by atoms with van der Waals surface area (Å²) in [5.74, 6) is -0.621. The van der Waals surface area contributed by atoms with Gasteiger partial charge in [-0.1, -0.05) is 60.1 Å². The predicted octanol–water partition coefficient (Wildman–Crippen LogP) is 8.60. The summed E-state index contributed by atoms with van der Waals surface area (Å²) in [6.07, 6.45) is 1.64. The summed E-state index contributed by atoms with van der Waals surface area (Å²) < 4.78 is 5.45. The van der Waals surface area contributed by atoms with Crippen molar-refractivity contribution >= 4 is 69.9 Å². The molecule has 0 fully saturated rings. The molecule has 0 aliphatic rings. The molecule has 0 radical (unpaired) electrons. The Labute approximate surface area is 280 Å². The maximum atomic E-state index is 13.7. The maximum absolute atomic E-state index is 13.7. The Bertz CT molecular complexity index is 1850. The fourth-order valence-electron chi connectivity index (χ4n) is 4.45. The van der Waals surface area contributed by atoms with E-state index in [-0.39, 0.29) is 17.5 Å². The summed E-state index contributed by atoms with van der Waals surface area (Å²) in [7, 11) is 1.53. The van der Waals surface area contributed by atoms with Crippen LogP contribution in [0.3, 0.4) is 0 Å². The van der Waals surface area contributed by atoms with Gasteiger partial charge in [0.15, 0.2) is 0 Å².